The smallest absolute Gasteiger partial charge is 0.339 e. The summed E-state index contributed by atoms with van der Waals surface area (Å²) in [5, 5.41) is 2.68. The molecule has 9 heteroatoms. The van der Waals surface area contributed by atoms with Crippen LogP contribution >= 0.6 is 0 Å². The van der Waals surface area contributed by atoms with E-state index in [1.54, 1.807) is 4.90 Å². The Balaban J connectivity index is 1.79. The molecule has 26 heavy (non-hydrogen) atoms. The second-order valence-corrected chi connectivity index (χ2v) is 6.73. The van der Waals surface area contributed by atoms with E-state index in [2.05, 4.69) is 10.3 Å². The van der Waals surface area contributed by atoms with Gasteiger partial charge in [0.05, 0.1) is 17.0 Å². The topological polar surface area (TPSA) is 67.2 Å². The van der Waals surface area contributed by atoms with Crippen LogP contribution in [0.2, 0.25) is 0 Å². The van der Waals surface area contributed by atoms with Crippen LogP contribution in [0.15, 0.2) is 18.2 Å². The number of rotatable bonds is 3. The van der Waals surface area contributed by atoms with Gasteiger partial charge in [-0.1, -0.05) is 0 Å². The lowest BCUT2D eigenvalue weighted by Crippen LogP contribution is -2.33. The zero-order chi connectivity index (χ0) is 19.2. The summed E-state index contributed by atoms with van der Waals surface area (Å²) in [6, 6.07) is 4.43. The van der Waals surface area contributed by atoms with Crippen molar-refractivity contribution in [3.05, 3.63) is 24.0 Å². The molecule has 1 fully saturated rings. The van der Waals surface area contributed by atoms with Crippen molar-refractivity contribution in [2.24, 2.45) is 13.0 Å². The minimum atomic E-state index is -4.55. The number of benzene rings is 1. The van der Waals surface area contributed by atoms with E-state index >= 15 is 0 Å². The molecule has 0 spiro atoms. The van der Waals surface area contributed by atoms with Crippen LogP contribution in [0.5, 0.6) is 0 Å². The van der Waals surface area contributed by atoms with Crippen molar-refractivity contribution in [1.82, 2.24) is 14.5 Å². The van der Waals surface area contributed by atoms with Crippen molar-refractivity contribution >= 4 is 28.5 Å². The van der Waals surface area contributed by atoms with Crippen molar-refractivity contribution in [1.29, 1.82) is 0 Å². The summed E-state index contributed by atoms with van der Waals surface area (Å²) in [4.78, 5) is 29.6. The van der Waals surface area contributed by atoms with Gasteiger partial charge in [-0.25, -0.2) is 4.98 Å². The van der Waals surface area contributed by atoms with Gasteiger partial charge in [0.25, 0.3) is 0 Å². The standard InChI is InChI=1S/C17H19F3N4O2/c1-9(2)24-8-10(6-14(24)25)15(26)21-11-4-5-13-12(7-11)22-16(23(13)3)17(18,19)20/h4-5,7,9-10H,6,8H2,1-3H3,(H,21,26)/t10-/m1/s1. The van der Waals surface area contributed by atoms with Crippen LogP contribution in [0.1, 0.15) is 26.1 Å². The number of anilines is 1. The molecule has 1 aliphatic heterocycles. The molecule has 0 bridgehead atoms. The second-order valence-electron chi connectivity index (χ2n) is 6.73. The minimum Gasteiger partial charge on any atom is -0.339 e. The van der Waals surface area contributed by atoms with Gasteiger partial charge in [0.15, 0.2) is 0 Å². The summed E-state index contributed by atoms with van der Waals surface area (Å²) in [5.74, 6) is -1.87. The summed E-state index contributed by atoms with van der Waals surface area (Å²) >= 11 is 0. The van der Waals surface area contributed by atoms with E-state index in [0.717, 1.165) is 4.57 Å². The maximum Gasteiger partial charge on any atom is 0.449 e. The summed E-state index contributed by atoms with van der Waals surface area (Å²) in [7, 11) is 1.29. The molecule has 0 aliphatic carbocycles. The van der Waals surface area contributed by atoms with Crippen LogP contribution in [0.3, 0.4) is 0 Å². The summed E-state index contributed by atoms with van der Waals surface area (Å²) in [5.41, 5.74) is 0.811. The third-order valence-corrected chi connectivity index (χ3v) is 4.55. The predicted molar refractivity (Wildman–Crippen MR) is 89.3 cm³/mol. The fourth-order valence-electron chi connectivity index (χ4n) is 3.18. The number of aromatic nitrogens is 2. The lowest BCUT2D eigenvalue weighted by atomic mass is 10.1. The van der Waals surface area contributed by atoms with Crippen molar-refractivity contribution in [3.8, 4) is 0 Å². The third-order valence-electron chi connectivity index (χ3n) is 4.55. The molecule has 2 heterocycles. The quantitative estimate of drug-likeness (QED) is 0.906. The van der Waals surface area contributed by atoms with Crippen LogP contribution in [0, 0.1) is 5.92 Å². The number of nitrogens with one attached hydrogen (secondary N) is 1. The van der Waals surface area contributed by atoms with Crippen molar-refractivity contribution in [2.75, 3.05) is 11.9 Å². The number of nitrogens with zero attached hydrogens (tertiary/aromatic N) is 3. The van der Waals surface area contributed by atoms with Crippen LogP contribution in [0.4, 0.5) is 18.9 Å². The van der Waals surface area contributed by atoms with Crippen LogP contribution in [0.25, 0.3) is 11.0 Å². The molecule has 1 atom stereocenters. The first-order valence-electron chi connectivity index (χ1n) is 8.22. The van der Waals surface area contributed by atoms with Gasteiger partial charge in [0.1, 0.15) is 0 Å². The maximum absolute atomic E-state index is 13.0. The Morgan fingerprint density at radius 2 is 2.04 bits per heavy atom. The van der Waals surface area contributed by atoms with Crippen LogP contribution < -0.4 is 5.32 Å². The van der Waals surface area contributed by atoms with E-state index < -0.39 is 17.9 Å². The van der Waals surface area contributed by atoms with E-state index in [9.17, 15) is 22.8 Å². The van der Waals surface area contributed by atoms with Gasteiger partial charge in [-0.15, -0.1) is 0 Å². The number of amides is 2. The third kappa shape index (κ3) is 3.25. The van der Waals surface area contributed by atoms with E-state index in [-0.39, 0.29) is 29.8 Å². The Bertz CT molecular complexity index is 873. The first-order chi connectivity index (χ1) is 12.1. The number of imidazole rings is 1. The first-order valence-corrected chi connectivity index (χ1v) is 8.22. The monoisotopic (exact) mass is 368 g/mol. The molecule has 0 radical (unpaired) electrons. The zero-order valence-corrected chi connectivity index (χ0v) is 14.6. The van der Waals surface area contributed by atoms with Gasteiger partial charge < -0.3 is 14.8 Å². The number of fused-ring (bicyclic) bond motifs is 1. The van der Waals surface area contributed by atoms with Gasteiger partial charge in [-0.3, -0.25) is 9.59 Å². The lowest BCUT2D eigenvalue weighted by molar-refractivity contribution is -0.146. The molecule has 1 aromatic carbocycles. The number of aryl methyl sites for hydroxylation is 1. The summed E-state index contributed by atoms with van der Waals surface area (Å²) in [6.45, 7) is 4.10. The number of hydrogen-bond acceptors (Lipinski definition) is 3. The number of carbonyl (C=O) groups is 2. The molecule has 1 N–H and O–H groups in total. The van der Waals surface area contributed by atoms with Gasteiger partial charge in [0, 0.05) is 31.7 Å². The predicted octanol–water partition coefficient (Wildman–Crippen LogP) is 2.79. The SMILES string of the molecule is CC(C)N1C[C@H](C(=O)Nc2ccc3c(c2)nc(C(F)(F)F)n3C)CC1=O. The number of hydrogen-bond donors (Lipinski definition) is 1. The van der Waals surface area contributed by atoms with E-state index in [4.69, 9.17) is 0 Å². The fourth-order valence-corrected chi connectivity index (χ4v) is 3.18. The minimum absolute atomic E-state index is 0.0194. The molecule has 6 nitrogen and oxygen atoms in total. The number of carbonyl (C=O) groups excluding carboxylic acids is 2. The first kappa shape index (κ1) is 18.2. The average Bonchev–Trinajstić information content (AvgIpc) is 3.08. The Kier molecular flexibility index (Phi) is 4.41. The number of alkyl halides is 3. The molecule has 1 aliphatic rings. The molecule has 0 saturated carbocycles. The van der Waals surface area contributed by atoms with Crippen molar-refractivity contribution in [2.45, 2.75) is 32.5 Å². The molecule has 2 aromatic rings. The maximum atomic E-state index is 13.0. The van der Waals surface area contributed by atoms with Gasteiger partial charge >= 0.3 is 6.18 Å². The highest BCUT2D eigenvalue weighted by Crippen LogP contribution is 2.31. The Hall–Kier alpha value is -2.58. The number of halogens is 3. The van der Waals surface area contributed by atoms with Gasteiger partial charge in [0.2, 0.25) is 17.6 Å². The second kappa shape index (κ2) is 6.30. The van der Waals surface area contributed by atoms with Gasteiger partial charge in [-0.2, -0.15) is 13.2 Å². The Morgan fingerprint density at radius 1 is 1.35 bits per heavy atom. The Labute approximate surface area is 148 Å². The van der Waals surface area contributed by atoms with Crippen LogP contribution in [-0.4, -0.2) is 38.9 Å². The molecule has 2 amide bonds. The summed E-state index contributed by atoms with van der Waals surface area (Å²) < 4.78 is 39.8. The molecular weight excluding hydrogens is 349 g/mol. The molecule has 140 valence electrons. The van der Waals surface area contributed by atoms with E-state index in [0.29, 0.717) is 17.7 Å². The Morgan fingerprint density at radius 3 is 2.62 bits per heavy atom. The zero-order valence-electron chi connectivity index (χ0n) is 14.6. The van der Waals surface area contributed by atoms with Crippen LogP contribution in [-0.2, 0) is 22.8 Å². The summed E-state index contributed by atoms with van der Waals surface area (Å²) in [6.07, 6.45) is -4.42. The molecular formula is C17H19F3N4O2. The highest BCUT2D eigenvalue weighted by Gasteiger charge is 2.37. The van der Waals surface area contributed by atoms with Crippen molar-refractivity contribution < 1.29 is 22.8 Å². The highest BCUT2D eigenvalue weighted by molar-refractivity contribution is 5.98. The lowest BCUT2D eigenvalue weighted by Gasteiger charge is -2.20. The van der Waals surface area contributed by atoms with Crippen molar-refractivity contribution in [3.63, 3.8) is 0 Å². The highest BCUT2D eigenvalue weighted by atomic mass is 19.4. The molecule has 1 saturated heterocycles. The van der Waals surface area contributed by atoms with Gasteiger partial charge in [-0.05, 0) is 32.0 Å². The number of likely N-dealkylation sites (tertiary alicyclic amines) is 1. The fraction of sp³-hybridized carbons (Fsp3) is 0.471. The molecule has 3 rings (SSSR count). The molecule has 0 unspecified atom stereocenters. The average molecular weight is 368 g/mol. The molecule has 1 aromatic heterocycles. The largest absolute Gasteiger partial charge is 0.449 e. The normalized spacial score (nSPS) is 18.2. The van der Waals surface area contributed by atoms with E-state index in [1.807, 2.05) is 13.8 Å². The van der Waals surface area contributed by atoms with E-state index in [1.165, 1.54) is 25.2 Å².